The third-order valence-corrected chi connectivity index (χ3v) is 3.33. The minimum Gasteiger partial charge on any atom is -0.479 e. The molecular formula is C15H24N2O5. The second-order valence-corrected chi connectivity index (χ2v) is 6.41. The van der Waals surface area contributed by atoms with E-state index in [1.54, 1.807) is 26.8 Å². The van der Waals surface area contributed by atoms with Crippen LogP contribution < -0.4 is 5.32 Å². The van der Waals surface area contributed by atoms with Gasteiger partial charge < -0.3 is 20.1 Å². The Hall–Kier alpha value is -2.05. The first-order valence-electron chi connectivity index (χ1n) is 7.23. The second kappa shape index (κ2) is 6.81. The van der Waals surface area contributed by atoms with Gasteiger partial charge in [-0.15, -0.1) is 6.58 Å². The van der Waals surface area contributed by atoms with Crippen LogP contribution in [0.2, 0.25) is 0 Å². The quantitative estimate of drug-likeness (QED) is 0.751. The smallest absolute Gasteiger partial charge is 0.408 e. The van der Waals surface area contributed by atoms with Crippen molar-refractivity contribution in [3.8, 4) is 0 Å². The summed E-state index contributed by atoms with van der Waals surface area (Å²) in [6.45, 7) is 8.87. The van der Waals surface area contributed by atoms with Crippen molar-refractivity contribution in [1.82, 2.24) is 10.2 Å². The summed E-state index contributed by atoms with van der Waals surface area (Å²) in [6, 6.07) is 0. The van der Waals surface area contributed by atoms with Crippen molar-refractivity contribution >= 4 is 18.0 Å². The highest BCUT2D eigenvalue weighted by molar-refractivity contribution is 5.87. The molecule has 1 aliphatic rings. The number of likely N-dealkylation sites (tertiary alicyclic amines) is 1. The third-order valence-electron chi connectivity index (χ3n) is 3.33. The van der Waals surface area contributed by atoms with Crippen molar-refractivity contribution in [2.75, 3.05) is 13.1 Å². The van der Waals surface area contributed by atoms with Crippen LogP contribution in [0, 0.1) is 0 Å². The minimum atomic E-state index is -1.49. The Labute approximate surface area is 130 Å². The Balaban J connectivity index is 2.74. The number of nitrogens with zero attached hydrogens (tertiary/aromatic N) is 1. The topological polar surface area (TPSA) is 95.9 Å². The van der Waals surface area contributed by atoms with E-state index in [0.29, 0.717) is 6.42 Å². The monoisotopic (exact) mass is 312 g/mol. The van der Waals surface area contributed by atoms with Crippen molar-refractivity contribution in [3.05, 3.63) is 12.7 Å². The zero-order valence-electron chi connectivity index (χ0n) is 13.3. The van der Waals surface area contributed by atoms with E-state index in [0.717, 1.165) is 0 Å². The van der Waals surface area contributed by atoms with Crippen LogP contribution >= 0.6 is 0 Å². The Kier molecular flexibility index (Phi) is 5.57. The van der Waals surface area contributed by atoms with Crippen LogP contribution in [-0.4, -0.2) is 52.2 Å². The van der Waals surface area contributed by atoms with Gasteiger partial charge in [0.15, 0.2) is 5.54 Å². The average Bonchev–Trinajstić information content (AvgIpc) is 2.79. The predicted molar refractivity (Wildman–Crippen MR) is 80.4 cm³/mol. The number of carboxylic acids is 1. The first-order chi connectivity index (χ1) is 10.1. The predicted octanol–water partition coefficient (Wildman–Crippen LogP) is 1.53. The summed E-state index contributed by atoms with van der Waals surface area (Å²) in [5.41, 5.74) is -2.21. The molecule has 0 aromatic carbocycles. The lowest BCUT2D eigenvalue weighted by atomic mass is 9.99. The SMILES string of the molecule is C=CCCC(=O)N1CCC(NC(=O)OC(C)(C)C)(C(=O)O)C1. The Bertz CT molecular complexity index is 469. The number of nitrogens with one attached hydrogen (secondary N) is 1. The number of alkyl carbamates (subject to hydrolysis) is 1. The first kappa shape index (κ1) is 18.0. The van der Waals surface area contributed by atoms with E-state index in [2.05, 4.69) is 11.9 Å². The summed E-state index contributed by atoms with van der Waals surface area (Å²) in [7, 11) is 0. The van der Waals surface area contributed by atoms with Crippen LogP contribution in [0.1, 0.15) is 40.0 Å². The molecule has 2 amide bonds. The number of carbonyl (C=O) groups is 3. The van der Waals surface area contributed by atoms with Gasteiger partial charge in [-0.1, -0.05) is 6.08 Å². The van der Waals surface area contributed by atoms with E-state index >= 15 is 0 Å². The molecule has 1 heterocycles. The average molecular weight is 312 g/mol. The molecule has 0 aliphatic carbocycles. The summed E-state index contributed by atoms with van der Waals surface area (Å²) >= 11 is 0. The number of amides is 2. The molecule has 0 radical (unpaired) electrons. The molecule has 2 N–H and O–H groups in total. The van der Waals surface area contributed by atoms with E-state index in [1.807, 2.05) is 0 Å². The minimum absolute atomic E-state index is 0.0580. The number of carbonyl (C=O) groups excluding carboxylic acids is 2. The number of aliphatic carboxylic acids is 1. The molecule has 1 unspecified atom stereocenters. The zero-order valence-corrected chi connectivity index (χ0v) is 13.3. The number of ether oxygens (including phenoxy) is 1. The molecule has 0 spiro atoms. The first-order valence-corrected chi connectivity index (χ1v) is 7.23. The van der Waals surface area contributed by atoms with E-state index in [9.17, 15) is 19.5 Å². The Morgan fingerprint density at radius 3 is 2.55 bits per heavy atom. The fraction of sp³-hybridized carbons (Fsp3) is 0.667. The molecule has 22 heavy (non-hydrogen) atoms. The number of hydrogen-bond donors (Lipinski definition) is 2. The van der Waals surface area contributed by atoms with Gasteiger partial charge in [0, 0.05) is 19.4 Å². The molecule has 1 rings (SSSR count). The van der Waals surface area contributed by atoms with Crippen LogP contribution in [0.4, 0.5) is 4.79 Å². The van der Waals surface area contributed by atoms with Crippen molar-refractivity contribution in [1.29, 1.82) is 0 Å². The lowest BCUT2D eigenvalue weighted by Crippen LogP contribution is -2.57. The molecular weight excluding hydrogens is 288 g/mol. The maximum Gasteiger partial charge on any atom is 0.408 e. The number of hydrogen-bond acceptors (Lipinski definition) is 4. The lowest BCUT2D eigenvalue weighted by Gasteiger charge is -2.28. The fourth-order valence-corrected chi connectivity index (χ4v) is 2.24. The van der Waals surface area contributed by atoms with Crippen LogP contribution in [0.15, 0.2) is 12.7 Å². The normalized spacial score (nSPS) is 21.3. The highest BCUT2D eigenvalue weighted by Gasteiger charge is 2.48. The van der Waals surface area contributed by atoms with Crippen LogP contribution in [-0.2, 0) is 14.3 Å². The van der Waals surface area contributed by atoms with Crippen molar-refractivity contribution < 1.29 is 24.2 Å². The molecule has 7 nitrogen and oxygen atoms in total. The maximum atomic E-state index is 12.0. The largest absolute Gasteiger partial charge is 0.479 e. The highest BCUT2D eigenvalue weighted by atomic mass is 16.6. The molecule has 1 atom stereocenters. The van der Waals surface area contributed by atoms with Crippen LogP contribution in [0.5, 0.6) is 0 Å². The van der Waals surface area contributed by atoms with Gasteiger partial charge in [0.25, 0.3) is 0 Å². The zero-order chi connectivity index (χ0) is 17.0. The fourth-order valence-electron chi connectivity index (χ4n) is 2.24. The van der Waals surface area contributed by atoms with Gasteiger partial charge in [-0.3, -0.25) is 4.79 Å². The molecule has 1 fully saturated rings. The van der Waals surface area contributed by atoms with Gasteiger partial charge in [0.05, 0.1) is 6.54 Å². The molecule has 7 heteroatoms. The van der Waals surface area contributed by atoms with Crippen molar-refractivity contribution in [3.63, 3.8) is 0 Å². The summed E-state index contributed by atoms with van der Waals surface area (Å²) in [6.07, 6.45) is 1.81. The Morgan fingerprint density at radius 1 is 1.41 bits per heavy atom. The molecule has 0 bridgehead atoms. The number of carboxylic acid groups (broad SMARTS) is 1. The maximum absolute atomic E-state index is 12.0. The van der Waals surface area contributed by atoms with Gasteiger partial charge in [-0.05, 0) is 27.2 Å². The summed E-state index contributed by atoms with van der Waals surface area (Å²) in [5.74, 6) is -1.31. The lowest BCUT2D eigenvalue weighted by molar-refractivity contribution is -0.144. The van der Waals surface area contributed by atoms with E-state index in [1.165, 1.54) is 4.90 Å². The van der Waals surface area contributed by atoms with E-state index < -0.39 is 23.2 Å². The number of rotatable bonds is 5. The third kappa shape index (κ3) is 4.75. The van der Waals surface area contributed by atoms with Crippen molar-refractivity contribution in [2.45, 2.75) is 51.2 Å². The summed E-state index contributed by atoms with van der Waals surface area (Å²) in [5, 5.41) is 11.9. The van der Waals surface area contributed by atoms with Crippen LogP contribution in [0.25, 0.3) is 0 Å². The van der Waals surface area contributed by atoms with Gasteiger partial charge in [-0.25, -0.2) is 9.59 Å². The standard InChI is InChI=1S/C15H24N2O5/c1-5-6-7-11(18)17-9-8-15(10-17,12(19)20)16-13(21)22-14(2,3)4/h5H,1,6-10H2,2-4H3,(H,16,21)(H,19,20). The molecule has 0 aromatic heterocycles. The van der Waals surface area contributed by atoms with Crippen LogP contribution in [0.3, 0.4) is 0 Å². The number of allylic oxidation sites excluding steroid dienone is 1. The summed E-state index contributed by atoms with van der Waals surface area (Å²) in [4.78, 5) is 36.9. The highest BCUT2D eigenvalue weighted by Crippen LogP contribution is 2.23. The van der Waals surface area contributed by atoms with E-state index in [4.69, 9.17) is 4.74 Å². The molecule has 0 saturated carbocycles. The second-order valence-electron chi connectivity index (χ2n) is 6.41. The van der Waals surface area contributed by atoms with Gasteiger partial charge in [-0.2, -0.15) is 0 Å². The molecule has 1 aliphatic heterocycles. The van der Waals surface area contributed by atoms with Gasteiger partial charge >= 0.3 is 12.1 Å². The Morgan fingerprint density at radius 2 is 2.05 bits per heavy atom. The molecule has 0 aromatic rings. The molecule has 1 saturated heterocycles. The van der Waals surface area contributed by atoms with Crippen molar-refractivity contribution in [2.24, 2.45) is 0 Å². The van der Waals surface area contributed by atoms with Gasteiger partial charge in [0.1, 0.15) is 5.60 Å². The molecule has 124 valence electrons. The summed E-state index contributed by atoms with van der Waals surface area (Å²) < 4.78 is 5.11. The van der Waals surface area contributed by atoms with Gasteiger partial charge in [0.2, 0.25) is 5.91 Å². The van der Waals surface area contributed by atoms with E-state index in [-0.39, 0.29) is 31.8 Å².